The number of likely N-dealkylation sites (tertiary alicyclic amines) is 1. The molecule has 0 unspecified atom stereocenters. The van der Waals surface area contributed by atoms with Gasteiger partial charge in [0.25, 0.3) is 11.8 Å². The molecule has 6 rings (SSSR count). The Labute approximate surface area is 254 Å². The minimum Gasteiger partial charge on any atom is -0.340 e. The summed E-state index contributed by atoms with van der Waals surface area (Å²) in [6.07, 6.45) is 8.82. The number of nitrogens with one attached hydrogen (secondary N) is 1. The normalized spacial score (nSPS) is 26.0. The zero-order valence-corrected chi connectivity index (χ0v) is 25.7. The van der Waals surface area contributed by atoms with Gasteiger partial charge in [-0.15, -0.1) is 11.3 Å². The van der Waals surface area contributed by atoms with E-state index in [1.54, 1.807) is 21.9 Å². The van der Waals surface area contributed by atoms with Crippen molar-refractivity contribution in [2.24, 2.45) is 5.41 Å². The number of thiophene rings is 1. The first-order chi connectivity index (χ1) is 20.4. The van der Waals surface area contributed by atoms with E-state index in [4.69, 9.17) is 0 Å². The van der Waals surface area contributed by atoms with Gasteiger partial charge in [-0.2, -0.15) is 0 Å². The van der Waals surface area contributed by atoms with E-state index in [1.165, 1.54) is 38.3 Å². The minimum atomic E-state index is -3.01. The highest BCUT2D eigenvalue weighted by Crippen LogP contribution is 2.44. The van der Waals surface area contributed by atoms with Crippen LogP contribution in [-0.4, -0.2) is 82.6 Å². The number of fused-ring (bicyclic) bond motifs is 2. The van der Waals surface area contributed by atoms with Gasteiger partial charge in [-0.05, 0) is 67.5 Å². The van der Waals surface area contributed by atoms with Crippen LogP contribution >= 0.6 is 11.3 Å². The Morgan fingerprint density at radius 2 is 1.77 bits per heavy atom. The molecule has 8 nitrogen and oxygen atoms in total. The Bertz CT molecular complexity index is 1430. The second-order valence-electron chi connectivity index (χ2n) is 13.1. The van der Waals surface area contributed by atoms with Crippen molar-refractivity contribution in [1.29, 1.82) is 0 Å². The molecule has 2 aromatic rings. The number of carbonyl (C=O) groups is 4. The summed E-state index contributed by atoms with van der Waals surface area (Å²) < 4.78 is 28.4. The lowest BCUT2D eigenvalue weighted by molar-refractivity contribution is -0.148. The molecule has 43 heavy (non-hydrogen) atoms. The third kappa shape index (κ3) is 5.89. The van der Waals surface area contributed by atoms with Crippen molar-refractivity contribution in [3.05, 3.63) is 34.7 Å². The van der Waals surface area contributed by atoms with E-state index in [0.717, 1.165) is 50.6 Å². The first-order valence-electron chi connectivity index (χ1n) is 15.5. The number of halogens is 2. The molecule has 0 bridgehead atoms. The molecular weight excluding hydrogens is 574 g/mol. The summed E-state index contributed by atoms with van der Waals surface area (Å²) in [5.74, 6) is -4.05. The van der Waals surface area contributed by atoms with Crippen LogP contribution in [0, 0.1) is 5.41 Å². The molecule has 1 aromatic carbocycles. The van der Waals surface area contributed by atoms with Crippen LogP contribution in [0.4, 0.5) is 8.78 Å². The molecule has 1 aromatic heterocycles. The molecule has 4 aliphatic rings. The summed E-state index contributed by atoms with van der Waals surface area (Å²) >= 11 is 1.16. The van der Waals surface area contributed by atoms with Crippen LogP contribution in [-0.2, 0) is 20.3 Å². The number of benzene rings is 1. The molecule has 11 heteroatoms. The predicted molar refractivity (Wildman–Crippen MR) is 160 cm³/mol. The summed E-state index contributed by atoms with van der Waals surface area (Å²) in [5.41, 5.74) is 0.0724. The SMILES string of the molecule is CC(=O)N1CC[C@H]2CC[C@@H](C(=O)N3CCC4(CCCCC4)C3)N2C(=O)[C@@H](NC(=O)c2cc3cc(C(C)(F)F)ccc3s2)C1. The van der Waals surface area contributed by atoms with Gasteiger partial charge in [0, 0.05) is 56.3 Å². The van der Waals surface area contributed by atoms with Gasteiger partial charge in [0.1, 0.15) is 12.1 Å². The Morgan fingerprint density at radius 1 is 1.00 bits per heavy atom. The Morgan fingerprint density at radius 3 is 2.49 bits per heavy atom. The molecule has 4 heterocycles. The lowest BCUT2D eigenvalue weighted by Gasteiger charge is -2.39. The second kappa shape index (κ2) is 11.4. The monoisotopic (exact) mass is 614 g/mol. The first kappa shape index (κ1) is 30.0. The summed E-state index contributed by atoms with van der Waals surface area (Å²) in [6, 6.07) is 4.07. The van der Waals surface area contributed by atoms with Crippen molar-refractivity contribution in [2.75, 3.05) is 26.2 Å². The van der Waals surface area contributed by atoms with E-state index in [2.05, 4.69) is 5.32 Å². The van der Waals surface area contributed by atoms with Crippen LogP contribution in [0.1, 0.15) is 86.9 Å². The van der Waals surface area contributed by atoms with Gasteiger partial charge in [0.05, 0.1) is 4.88 Å². The van der Waals surface area contributed by atoms with E-state index in [9.17, 15) is 28.0 Å². The van der Waals surface area contributed by atoms with Crippen LogP contribution in [0.3, 0.4) is 0 Å². The summed E-state index contributed by atoms with van der Waals surface area (Å²) in [6.45, 7) is 4.19. The molecule has 1 spiro atoms. The molecule has 1 N–H and O–H groups in total. The standard InChI is InChI=1S/C32H40F2N4O4S/c1-20(39)36-14-10-23-7-8-25(30(42)37-15-13-32(19-37)11-4-3-5-12-32)38(23)29(41)24(18-36)35-28(40)27-17-21-16-22(31(2,33)34)6-9-26(21)43-27/h6,9,16-17,23-25H,3-5,7-8,10-15,18-19H2,1-2H3,(H,35,40)/t23-,24+,25+/m1/s1. The molecule has 3 atom stereocenters. The van der Waals surface area contributed by atoms with E-state index in [0.29, 0.717) is 35.9 Å². The Balaban J connectivity index is 1.22. The number of rotatable bonds is 4. The maximum Gasteiger partial charge on any atom is 0.270 e. The van der Waals surface area contributed by atoms with Crippen molar-refractivity contribution in [3.63, 3.8) is 0 Å². The zero-order valence-electron chi connectivity index (χ0n) is 24.9. The number of alkyl halides is 2. The Kier molecular flexibility index (Phi) is 7.98. The van der Waals surface area contributed by atoms with Gasteiger partial charge >= 0.3 is 0 Å². The Hall–Kier alpha value is -3.08. The minimum absolute atomic E-state index is 0.000379. The maximum absolute atomic E-state index is 14.2. The number of carbonyl (C=O) groups excluding carboxylic acids is 4. The van der Waals surface area contributed by atoms with Gasteiger partial charge in [-0.25, -0.2) is 8.78 Å². The average molecular weight is 615 g/mol. The molecule has 4 fully saturated rings. The topological polar surface area (TPSA) is 90.0 Å². The average Bonchev–Trinajstić information content (AvgIpc) is 3.69. The van der Waals surface area contributed by atoms with Gasteiger partial charge < -0.3 is 20.0 Å². The molecule has 1 aliphatic carbocycles. The lowest BCUT2D eigenvalue weighted by atomic mass is 9.73. The number of nitrogens with zero attached hydrogens (tertiary/aromatic N) is 3. The highest BCUT2D eigenvalue weighted by Gasteiger charge is 2.49. The van der Waals surface area contributed by atoms with Gasteiger partial charge in [-0.3, -0.25) is 19.2 Å². The fourth-order valence-electron chi connectivity index (χ4n) is 7.71. The van der Waals surface area contributed by atoms with Crippen LogP contribution in [0.2, 0.25) is 0 Å². The van der Waals surface area contributed by atoms with E-state index < -0.39 is 23.9 Å². The van der Waals surface area contributed by atoms with Crippen molar-refractivity contribution in [1.82, 2.24) is 20.0 Å². The third-order valence-corrected chi connectivity index (χ3v) is 11.3. The largest absolute Gasteiger partial charge is 0.340 e. The highest BCUT2D eigenvalue weighted by atomic mass is 32.1. The molecule has 0 radical (unpaired) electrons. The number of hydrogen-bond acceptors (Lipinski definition) is 5. The predicted octanol–water partition coefficient (Wildman–Crippen LogP) is 4.91. The van der Waals surface area contributed by atoms with E-state index >= 15 is 0 Å². The fraction of sp³-hybridized carbons (Fsp3) is 0.625. The van der Waals surface area contributed by atoms with Crippen LogP contribution in [0.25, 0.3) is 10.1 Å². The molecule has 3 saturated heterocycles. The van der Waals surface area contributed by atoms with Gasteiger partial charge in [-0.1, -0.05) is 25.3 Å². The zero-order chi connectivity index (χ0) is 30.5. The summed E-state index contributed by atoms with van der Waals surface area (Å²) in [5, 5.41) is 3.37. The highest BCUT2D eigenvalue weighted by molar-refractivity contribution is 7.20. The quantitative estimate of drug-likeness (QED) is 0.531. The van der Waals surface area contributed by atoms with Crippen molar-refractivity contribution >= 4 is 45.1 Å². The molecular formula is C32H40F2N4O4S. The van der Waals surface area contributed by atoms with E-state index in [1.807, 2.05) is 4.90 Å². The lowest BCUT2D eigenvalue weighted by Crippen LogP contribution is -2.61. The van der Waals surface area contributed by atoms with Crippen LogP contribution < -0.4 is 5.32 Å². The van der Waals surface area contributed by atoms with Crippen molar-refractivity contribution in [2.45, 2.75) is 95.7 Å². The number of amides is 4. The van der Waals surface area contributed by atoms with E-state index in [-0.39, 0.29) is 46.2 Å². The van der Waals surface area contributed by atoms with Crippen molar-refractivity contribution in [3.8, 4) is 0 Å². The summed E-state index contributed by atoms with van der Waals surface area (Å²) in [4.78, 5) is 59.6. The first-order valence-corrected chi connectivity index (χ1v) is 16.3. The van der Waals surface area contributed by atoms with Crippen LogP contribution in [0.15, 0.2) is 24.3 Å². The summed E-state index contributed by atoms with van der Waals surface area (Å²) in [7, 11) is 0. The van der Waals surface area contributed by atoms with Gasteiger partial charge in [0.15, 0.2) is 0 Å². The van der Waals surface area contributed by atoms with Gasteiger partial charge in [0.2, 0.25) is 17.7 Å². The maximum atomic E-state index is 14.2. The fourth-order valence-corrected chi connectivity index (χ4v) is 8.66. The smallest absolute Gasteiger partial charge is 0.270 e. The van der Waals surface area contributed by atoms with Crippen LogP contribution in [0.5, 0.6) is 0 Å². The number of hydrogen-bond donors (Lipinski definition) is 1. The molecule has 232 valence electrons. The van der Waals surface area contributed by atoms with Crippen molar-refractivity contribution < 1.29 is 28.0 Å². The molecule has 1 saturated carbocycles. The third-order valence-electron chi connectivity index (χ3n) is 10.1. The molecule has 4 amide bonds. The second-order valence-corrected chi connectivity index (χ2v) is 14.2. The molecule has 3 aliphatic heterocycles.